The maximum Gasteiger partial charge on any atom is 0.220 e. The molecule has 1 heterocycles. The van der Waals surface area contributed by atoms with Gasteiger partial charge in [-0.05, 0) is 37.5 Å². The maximum atomic E-state index is 13.2. The lowest BCUT2D eigenvalue weighted by atomic mass is 9.98. The highest BCUT2D eigenvalue weighted by Crippen LogP contribution is 2.44. The van der Waals surface area contributed by atoms with Crippen molar-refractivity contribution in [3.8, 4) is 5.88 Å². The van der Waals surface area contributed by atoms with Gasteiger partial charge >= 0.3 is 0 Å². The number of thioether (sulfide) groups is 1. The molecule has 0 aliphatic heterocycles. The second kappa shape index (κ2) is 7.40. The molecule has 25 heavy (non-hydrogen) atoms. The van der Waals surface area contributed by atoms with Crippen LogP contribution in [-0.4, -0.2) is 40.1 Å². The topological polar surface area (TPSA) is 64.3 Å². The highest BCUT2D eigenvalue weighted by Gasteiger charge is 2.35. The number of aromatic hydroxyl groups is 1. The van der Waals surface area contributed by atoms with Crippen LogP contribution in [0.5, 0.6) is 5.88 Å². The van der Waals surface area contributed by atoms with E-state index in [0.717, 1.165) is 29.1 Å². The molecule has 1 aromatic heterocycles. The maximum absolute atomic E-state index is 13.2. The molecule has 5 nitrogen and oxygen atoms in total. The molecule has 2 aromatic rings. The van der Waals surface area contributed by atoms with Crippen LogP contribution in [0.1, 0.15) is 45.9 Å². The zero-order valence-electron chi connectivity index (χ0n) is 14.5. The number of carbonyl (C=O) groups excluding carboxylic acids is 1. The molecule has 1 saturated carbocycles. The van der Waals surface area contributed by atoms with E-state index >= 15 is 0 Å². The smallest absolute Gasteiger partial charge is 0.220 e. The van der Waals surface area contributed by atoms with E-state index in [1.807, 2.05) is 6.92 Å². The Morgan fingerprint density at radius 1 is 1.48 bits per heavy atom. The Morgan fingerprint density at radius 3 is 2.84 bits per heavy atom. The van der Waals surface area contributed by atoms with Gasteiger partial charge in [0.05, 0.1) is 17.3 Å². The molecule has 0 radical (unpaired) electrons. The number of hydrogen-bond donors (Lipinski definition) is 1. The van der Waals surface area contributed by atoms with Crippen LogP contribution in [0.4, 0.5) is 0 Å². The van der Waals surface area contributed by atoms with Crippen molar-refractivity contribution in [2.24, 2.45) is 7.05 Å². The van der Waals surface area contributed by atoms with Crippen LogP contribution in [0.2, 0.25) is 5.02 Å². The molecule has 1 fully saturated rings. The van der Waals surface area contributed by atoms with Crippen LogP contribution in [-0.2, 0) is 11.8 Å². The Morgan fingerprint density at radius 2 is 2.20 bits per heavy atom. The van der Waals surface area contributed by atoms with Gasteiger partial charge in [-0.2, -0.15) is 5.10 Å². The summed E-state index contributed by atoms with van der Waals surface area (Å²) in [5, 5.41) is 15.3. The van der Waals surface area contributed by atoms with Gasteiger partial charge < -0.3 is 9.84 Å². The molecule has 0 saturated heterocycles. The quantitative estimate of drug-likeness (QED) is 0.448. The summed E-state index contributed by atoms with van der Waals surface area (Å²) in [6.07, 6.45) is 2.02. The van der Waals surface area contributed by atoms with E-state index in [4.69, 9.17) is 16.3 Å². The van der Waals surface area contributed by atoms with Gasteiger partial charge in [-0.3, -0.25) is 4.79 Å². The van der Waals surface area contributed by atoms with Gasteiger partial charge in [0.15, 0.2) is 0 Å². The highest BCUT2D eigenvalue weighted by molar-refractivity contribution is 7.99. The Balaban J connectivity index is 1.99. The summed E-state index contributed by atoms with van der Waals surface area (Å²) in [6, 6.07) is 3.46. The highest BCUT2D eigenvalue weighted by atomic mass is 35.5. The third-order valence-electron chi connectivity index (χ3n) is 4.37. The molecule has 0 spiro atoms. The molecule has 3 rings (SSSR count). The third kappa shape index (κ3) is 3.57. The van der Waals surface area contributed by atoms with E-state index < -0.39 is 0 Å². The number of nitrogens with zero attached hydrogens (tertiary/aromatic N) is 2. The van der Waals surface area contributed by atoms with Gasteiger partial charge in [-0.15, -0.1) is 11.8 Å². The van der Waals surface area contributed by atoms with Crippen molar-refractivity contribution >= 4 is 29.1 Å². The molecule has 134 valence electrons. The molecule has 0 atom stereocenters. The number of rotatable bonds is 7. The van der Waals surface area contributed by atoms with Crippen molar-refractivity contribution in [2.45, 2.75) is 30.6 Å². The monoisotopic (exact) mass is 380 g/mol. The van der Waals surface area contributed by atoms with Crippen molar-refractivity contribution in [1.29, 1.82) is 0 Å². The van der Waals surface area contributed by atoms with Crippen LogP contribution in [0.15, 0.2) is 17.0 Å². The first-order valence-electron chi connectivity index (χ1n) is 8.17. The van der Waals surface area contributed by atoms with Gasteiger partial charge in [0.25, 0.3) is 0 Å². The molecule has 1 N–H and O–H groups in total. The minimum atomic E-state index is -0.199. The molecular formula is C18H21ClN2O3S. The Hall–Kier alpha value is -1.50. The number of halogens is 1. The summed E-state index contributed by atoms with van der Waals surface area (Å²) in [5.74, 6) is 0.750. The summed E-state index contributed by atoms with van der Waals surface area (Å²) in [5.41, 5.74) is 2.40. The van der Waals surface area contributed by atoms with E-state index in [1.165, 1.54) is 4.68 Å². The molecule has 0 bridgehead atoms. The van der Waals surface area contributed by atoms with Crippen molar-refractivity contribution < 1.29 is 14.6 Å². The van der Waals surface area contributed by atoms with Crippen molar-refractivity contribution in [1.82, 2.24) is 9.78 Å². The number of carbonyl (C=O) groups is 1. The minimum Gasteiger partial charge on any atom is -0.493 e. The van der Waals surface area contributed by atoms with Gasteiger partial charge in [0.2, 0.25) is 11.7 Å². The van der Waals surface area contributed by atoms with Crippen molar-refractivity contribution in [3.05, 3.63) is 39.5 Å². The van der Waals surface area contributed by atoms with Gasteiger partial charge in [-0.1, -0.05) is 11.6 Å². The standard InChI is InChI=1S/C18H21ClN2O3S/c1-10-12(6-7-13(19)17(10)25-9-8-24-3)16(22)14-15(11-4-5-11)20-21(2)18(14)23/h6-7,11,23H,4-5,8-9H2,1-3H3. The summed E-state index contributed by atoms with van der Waals surface area (Å²) >= 11 is 7.88. The first-order chi connectivity index (χ1) is 12.0. The number of hydrogen-bond acceptors (Lipinski definition) is 5. The Labute approximate surface area is 156 Å². The lowest BCUT2D eigenvalue weighted by Gasteiger charge is -2.12. The van der Waals surface area contributed by atoms with Crippen LogP contribution >= 0.6 is 23.4 Å². The number of aromatic nitrogens is 2. The number of ether oxygens (including phenoxy) is 1. The fraction of sp³-hybridized carbons (Fsp3) is 0.444. The fourth-order valence-electron chi connectivity index (χ4n) is 2.84. The normalized spacial score (nSPS) is 14.1. The zero-order chi connectivity index (χ0) is 18.1. The third-order valence-corrected chi connectivity index (χ3v) is 5.98. The molecule has 1 aliphatic rings. The second-order valence-electron chi connectivity index (χ2n) is 6.20. The first kappa shape index (κ1) is 18.3. The van der Waals surface area contributed by atoms with Gasteiger partial charge in [0.1, 0.15) is 5.56 Å². The molecular weight excluding hydrogens is 360 g/mol. The van der Waals surface area contributed by atoms with Crippen molar-refractivity contribution in [3.63, 3.8) is 0 Å². The molecule has 0 unspecified atom stereocenters. The van der Waals surface area contributed by atoms with E-state index in [1.54, 1.807) is 38.1 Å². The van der Waals surface area contributed by atoms with E-state index in [0.29, 0.717) is 28.5 Å². The summed E-state index contributed by atoms with van der Waals surface area (Å²) in [4.78, 5) is 14.0. The first-order valence-corrected chi connectivity index (χ1v) is 9.53. The van der Waals surface area contributed by atoms with Crippen LogP contribution in [0.25, 0.3) is 0 Å². The summed E-state index contributed by atoms with van der Waals surface area (Å²) in [7, 11) is 3.30. The van der Waals surface area contributed by atoms with E-state index in [-0.39, 0.29) is 17.6 Å². The second-order valence-corrected chi connectivity index (χ2v) is 7.71. The molecule has 0 amide bonds. The predicted molar refractivity (Wildman–Crippen MR) is 99.1 cm³/mol. The fourth-order valence-corrected chi connectivity index (χ4v) is 4.19. The Kier molecular flexibility index (Phi) is 5.41. The zero-order valence-corrected chi connectivity index (χ0v) is 16.1. The number of aryl methyl sites for hydroxylation is 1. The number of benzene rings is 1. The summed E-state index contributed by atoms with van der Waals surface area (Å²) in [6.45, 7) is 2.49. The summed E-state index contributed by atoms with van der Waals surface area (Å²) < 4.78 is 6.46. The average Bonchev–Trinajstić information content (AvgIpc) is 3.37. The van der Waals surface area contributed by atoms with Crippen molar-refractivity contribution in [2.75, 3.05) is 19.5 Å². The van der Waals surface area contributed by atoms with E-state index in [2.05, 4.69) is 5.10 Å². The van der Waals surface area contributed by atoms with Crippen LogP contribution < -0.4 is 0 Å². The predicted octanol–water partition coefficient (Wildman–Crippen LogP) is 3.93. The lowest BCUT2D eigenvalue weighted by Crippen LogP contribution is -2.07. The average molecular weight is 381 g/mol. The van der Waals surface area contributed by atoms with Gasteiger partial charge in [0, 0.05) is 36.3 Å². The van der Waals surface area contributed by atoms with E-state index in [9.17, 15) is 9.90 Å². The number of methoxy groups -OCH3 is 1. The lowest BCUT2D eigenvalue weighted by molar-refractivity contribution is 0.103. The van der Waals surface area contributed by atoms with Crippen LogP contribution in [0.3, 0.4) is 0 Å². The largest absolute Gasteiger partial charge is 0.493 e. The minimum absolute atomic E-state index is 0.0742. The molecule has 7 heteroatoms. The van der Waals surface area contributed by atoms with Gasteiger partial charge in [-0.25, -0.2) is 4.68 Å². The Bertz CT molecular complexity index is 815. The molecule has 1 aromatic carbocycles. The van der Waals surface area contributed by atoms with Crippen LogP contribution in [0, 0.1) is 6.92 Å². The molecule has 1 aliphatic carbocycles. The SMILES string of the molecule is COCCSc1c(Cl)ccc(C(=O)c2c(C3CC3)nn(C)c2O)c1C. The number of ketones is 1.